The lowest BCUT2D eigenvalue weighted by Gasteiger charge is -2.04. The second-order valence-electron chi connectivity index (χ2n) is 2.27. The number of hydrogen-bond donors (Lipinski definition) is 0. The van der Waals surface area contributed by atoms with Crippen LogP contribution in [-0.2, 0) is 4.74 Å². The molecule has 0 aromatic carbocycles. The van der Waals surface area contributed by atoms with Crippen molar-refractivity contribution in [3.63, 3.8) is 0 Å². The van der Waals surface area contributed by atoms with E-state index in [0.717, 1.165) is 0 Å². The highest BCUT2D eigenvalue weighted by Crippen LogP contribution is 2.04. The van der Waals surface area contributed by atoms with E-state index < -0.39 is 6.67 Å². The van der Waals surface area contributed by atoms with E-state index in [2.05, 4.69) is 11.2 Å². The van der Waals surface area contributed by atoms with Gasteiger partial charge in [-0.25, -0.2) is 4.39 Å². The summed E-state index contributed by atoms with van der Waals surface area (Å²) in [5.41, 5.74) is 0. The van der Waals surface area contributed by atoms with Gasteiger partial charge < -0.3 is 9.47 Å². The quantitative estimate of drug-likeness (QED) is 0.623. The Balaban J connectivity index is 2.07. The predicted octanol–water partition coefficient (Wildman–Crippen LogP) is 1.25. The number of pyridine rings is 1. The van der Waals surface area contributed by atoms with Crippen molar-refractivity contribution in [2.24, 2.45) is 0 Å². The minimum atomic E-state index is -0.456. The van der Waals surface area contributed by atoms with Gasteiger partial charge in [0, 0.05) is 0 Å². The van der Waals surface area contributed by atoms with E-state index in [4.69, 9.17) is 9.47 Å². The third-order valence-electron chi connectivity index (χ3n) is 1.31. The van der Waals surface area contributed by atoms with Crippen LogP contribution in [-0.4, -0.2) is 31.5 Å². The first-order valence-corrected chi connectivity index (χ1v) is 4.02. The van der Waals surface area contributed by atoms with Crippen LogP contribution >= 0.6 is 0 Å². The van der Waals surface area contributed by atoms with E-state index >= 15 is 0 Å². The van der Waals surface area contributed by atoms with Crippen LogP contribution in [0.3, 0.4) is 0 Å². The first-order chi connectivity index (χ1) is 6.43. The summed E-state index contributed by atoms with van der Waals surface area (Å²) in [6.45, 7) is 0.472. The van der Waals surface area contributed by atoms with E-state index in [0.29, 0.717) is 19.0 Å². The Bertz CT molecular complexity index is 218. The van der Waals surface area contributed by atoms with Crippen LogP contribution in [0.5, 0.6) is 5.75 Å². The second kappa shape index (κ2) is 6.37. The lowest BCUT2D eigenvalue weighted by atomic mass is 10.5. The van der Waals surface area contributed by atoms with Crippen molar-refractivity contribution in [1.82, 2.24) is 4.98 Å². The minimum absolute atomic E-state index is 0.129. The van der Waals surface area contributed by atoms with Crippen LogP contribution in [0.2, 0.25) is 0 Å². The summed E-state index contributed by atoms with van der Waals surface area (Å²) in [7, 11) is 0. The van der Waals surface area contributed by atoms with Gasteiger partial charge in [-0.05, 0) is 12.1 Å². The highest BCUT2D eigenvalue weighted by molar-refractivity contribution is 5.14. The third kappa shape index (κ3) is 4.42. The average Bonchev–Trinajstić information content (AvgIpc) is 2.19. The molecule has 0 unspecified atom stereocenters. The van der Waals surface area contributed by atoms with E-state index in [1.54, 1.807) is 18.3 Å². The van der Waals surface area contributed by atoms with Gasteiger partial charge in [-0.2, -0.15) is 0 Å². The van der Waals surface area contributed by atoms with Gasteiger partial charge >= 0.3 is 0 Å². The van der Waals surface area contributed by atoms with Gasteiger partial charge in [0.1, 0.15) is 19.0 Å². The summed E-state index contributed by atoms with van der Waals surface area (Å²) in [6.07, 6.45) is 4.20. The number of hydrogen-bond acceptors (Lipinski definition) is 3. The third-order valence-corrected chi connectivity index (χ3v) is 1.31. The normalized spacial score (nSPS) is 9.92. The van der Waals surface area contributed by atoms with Gasteiger partial charge in [0.25, 0.3) is 0 Å². The van der Waals surface area contributed by atoms with E-state index in [1.807, 2.05) is 0 Å². The molecule has 13 heavy (non-hydrogen) atoms. The molecule has 0 spiro atoms. The lowest BCUT2D eigenvalue weighted by Crippen LogP contribution is -2.08. The molecule has 1 radical (unpaired) electrons. The number of nitrogens with zero attached hydrogens (tertiary/aromatic N) is 1. The maximum atomic E-state index is 11.6. The highest BCUT2D eigenvalue weighted by atomic mass is 19.1. The van der Waals surface area contributed by atoms with Gasteiger partial charge in [0.2, 0.25) is 0 Å². The molecule has 0 amide bonds. The maximum Gasteiger partial charge on any atom is 0.137 e. The van der Waals surface area contributed by atoms with Crippen molar-refractivity contribution >= 4 is 0 Å². The molecule has 1 heterocycles. The molecule has 1 aromatic heterocycles. The van der Waals surface area contributed by atoms with Crippen molar-refractivity contribution in [3.05, 3.63) is 24.5 Å². The Morgan fingerprint density at radius 2 is 2.31 bits per heavy atom. The van der Waals surface area contributed by atoms with Crippen molar-refractivity contribution in [2.45, 2.75) is 0 Å². The van der Waals surface area contributed by atoms with Crippen LogP contribution in [0.25, 0.3) is 0 Å². The summed E-state index contributed by atoms with van der Waals surface area (Å²) in [5, 5.41) is 0. The van der Waals surface area contributed by atoms with E-state index in [9.17, 15) is 4.39 Å². The first kappa shape index (κ1) is 9.92. The van der Waals surface area contributed by atoms with Crippen LogP contribution in [0.1, 0.15) is 0 Å². The van der Waals surface area contributed by atoms with Gasteiger partial charge in [-0.15, -0.1) is 0 Å². The van der Waals surface area contributed by atoms with Gasteiger partial charge in [-0.3, -0.25) is 4.98 Å². The Kier molecular flexibility index (Phi) is 4.86. The molecule has 1 rings (SSSR count). The highest BCUT2D eigenvalue weighted by Gasteiger charge is 1.91. The minimum Gasteiger partial charge on any atom is -0.490 e. The summed E-state index contributed by atoms with van der Waals surface area (Å²) in [4.78, 5) is 3.75. The van der Waals surface area contributed by atoms with Crippen LogP contribution < -0.4 is 4.74 Å². The number of ether oxygens (including phenoxy) is 2. The zero-order chi connectivity index (χ0) is 9.36. The van der Waals surface area contributed by atoms with Crippen molar-refractivity contribution < 1.29 is 13.9 Å². The molecule has 0 bridgehead atoms. The molecular formula is C9H11FNO2. The molecule has 0 aliphatic rings. The average molecular weight is 184 g/mol. The fourth-order valence-corrected chi connectivity index (χ4v) is 0.767. The standard InChI is InChI=1S/C9H11FNO2/c10-3-5-12-6-7-13-9-2-1-4-11-8-9/h1-2,8H,3,5-7H2. The van der Waals surface area contributed by atoms with E-state index in [1.165, 1.54) is 0 Å². The summed E-state index contributed by atoms with van der Waals surface area (Å²) in [5.74, 6) is 0.669. The van der Waals surface area contributed by atoms with Gasteiger partial charge in [0.05, 0.1) is 25.6 Å². The van der Waals surface area contributed by atoms with Crippen LogP contribution in [0, 0.1) is 6.20 Å². The molecule has 0 saturated heterocycles. The number of rotatable bonds is 6. The lowest BCUT2D eigenvalue weighted by molar-refractivity contribution is 0.0896. The summed E-state index contributed by atoms with van der Waals surface area (Å²) < 4.78 is 21.7. The first-order valence-electron chi connectivity index (χ1n) is 4.02. The molecule has 71 valence electrons. The molecule has 0 N–H and O–H groups in total. The topological polar surface area (TPSA) is 31.4 Å². The predicted molar refractivity (Wildman–Crippen MR) is 45.4 cm³/mol. The Hall–Kier alpha value is -1.16. The molecule has 4 heteroatoms. The fraction of sp³-hybridized carbons (Fsp3) is 0.444. The molecule has 0 aliphatic heterocycles. The number of aromatic nitrogens is 1. The van der Waals surface area contributed by atoms with Crippen molar-refractivity contribution in [1.29, 1.82) is 0 Å². The zero-order valence-corrected chi connectivity index (χ0v) is 7.20. The SMILES string of the molecule is FCCOCCOc1cc[c]nc1. The second-order valence-corrected chi connectivity index (χ2v) is 2.27. The Morgan fingerprint density at radius 1 is 1.38 bits per heavy atom. The largest absolute Gasteiger partial charge is 0.490 e. The molecule has 0 aliphatic carbocycles. The molecule has 0 atom stereocenters. The van der Waals surface area contributed by atoms with Crippen LogP contribution in [0.15, 0.2) is 18.3 Å². The smallest absolute Gasteiger partial charge is 0.137 e. The molecule has 3 nitrogen and oxygen atoms in total. The number of halogens is 1. The molecule has 1 aromatic rings. The van der Waals surface area contributed by atoms with Gasteiger partial charge in [-0.1, -0.05) is 0 Å². The molecule has 0 saturated carbocycles. The van der Waals surface area contributed by atoms with Gasteiger partial charge in [0.15, 0.2) is 0 Å². The Morgan fingerprint density at radius 3 is 3.00 bits per heavy atom. The Labute approximate surface area is 76.5 Å². The van der Waals surface area contributed by atoms with Crippen molar-refractivity contribution in [2.75, 3.05) is 26.5 Å². The molecule has 0 fully saturated rings. The van der Waals surface area contributed by atoms with Crippen LogP contribution in [0.4, 0.5) is 4.39 Å². The number of alkyl halides is 1. The zero-order valence-electron chi connectivity index (χ0n) is 7.20. The van der Waals surface area contributed by atoms with Crippen molar-refractivity contribution in [3.8, 4) is 5.75 Å². The fourth-order valence-electron chi connectivity index (χ4n) is 0.767. The summed E-state index contributed by atoms with van der Waals surface area (Å²) in [6, 6.07) is 3.42. The maximum absolute atomic E-state index is 11.6. The molecular weight excluding hydrogens is 173 g/mol. The summed E-state index contributed by atoms with van der Waals surface area (Å²) >= 11 is 0. The van der Waals surface area contributed by atoms with E-state index in [-0.39, 0.29) is 6.61 Å². The monoisotopic (exact) mass is 184 g/mol.